The molecule has 0 radical (unpaired) electrons. The van der Waals surface area contributed by atoms with Gasteiger partial charge in [0, 0.05) is 16.5 Å². The maximum atomic E-state index is 12.2. The second-order valence-corrected chi connectivity index (χ2v) is 6.50. The number of hydrogen-bond acceptors (Lipinski definition) is 2. The molecule has 20 heavy (non-hydrogen) atoms. The summed E-state index contributed by atoms with van der Waals surface area (Å²) in [4.78, 5) is 12.2. The molecule has 4 heteroatoms. The van der Waals surface area contributed by atoms with E-state index in [4.69, 9.17) is 11.6 Å². The molecule has 3 nitrogen and oxygen atoms in total. The minimum absolute atomic E-state index is 0.0581. The lowest BCUT2D eigenvalue weighted by molar-refractivity contribution is -0.123. The van der Waals surface area contributed by atoms with E-state index in [0.29, 0.717) is 10.9 Å². The SMILES string of the molecule is CC12CCCCC1C2C(=O)N/N=C\c1ccccc1Cl. The van der Waals surface area contributed by atoms with Crippen LogP contribution < -0.4 is 5.43 Å². The number of fused-ring (bicyclic) bond motifs is 1. The molecule has 1 N–H and O–H groups in total. The third-order valence-corrected chi connectivity index (χ3v) is 5.24. The molecule has 0 aromatic heterocycles. The molecule has 2 saturated carbocycles. The van der Waals surface area contributed by atoms with E-state index in [1.807, 2.05) is 18.2 Å². The summed E-state index contributed by atoms with van der Waals surface area (Å²) in [6.45, 7) is 2.23. The van der Waals surface area contributed by atoms with Crippen LogP contribution in [0.3, 0.4) is 0 Å². The molecule has 0 spiro atoms. The Morgan fingerprint density at radius 3 is 2.95 bits per heavy atom. The average molecular weight is 291 g/mol. The first kappa shape index (κ1) is 13.6. The molecule has 2 aliphatic rings. The molecule has 2 fully saturated rings. The monoisotopic (exact) mass is 290 g/mol. The Morgan fingerprint density at radius 1 is 1.45 bits per heavy atom. The van der Waals surface area contributed by atoms with Gasteiger partial charge in [-0.3, -0.25) is 4.79 Å². The van der Waals surface area contributed by atoms with Crippen molar-refractivity contribution >= 4 is 23.7 Å². The van der Waals surface area contributed by atoms with Gasteiger partial charge in [-0.05, 0) is 30.2 Å². The molecule has 3 rings (SSSR count). The van der Waals surface area contributed by atoms with Crippen molar-refractivity contribution in [3.63, 3.8) is 0 Å². The normalized spacial score (nSPS) is 31.9. The summed E-state index contributed by atoms with van der Waals surface area (Å²) in [6, 6.07) is 7.44. The van der Waals surface area contributed by atoms with E-state index in [1.54, 1.807) is 12.3 Å². The molecule has 106 valence electrons. The standard InChI is InChI=1S/C16H19ClN2O/c1-16-9-5-4-7-12(16)14(16)15(20)19-18-10-11-6-2-3-8-13(11)17/h2-3,6,8,10,12,14H,4-5,7,9H2,1H3,(H,19,20)/b18-10-. The molecule has 2 aliphatic carbocycles. The average Bonchev–Trinajstić information content (AvgIpc) is 3.06. The molecule has 0 heterocycles. The highest BCUT2D eigenvalue weighted by molar-refractivity contribution is 6.33. The van der Waals surface area contributed by atoms with Gasteiger partial charge in [0.1, 0.15) is 0 Å². The quantitative estimate of drug-likeness (QED) is 0.670. The number of amides is 1. The van der Waals surface area contributed by atoms with E-state index < -0.39 is 0 Å². The number of benzene rings is 1. The van der Waals surface area contributed by atoms with Crippen LogP contribution in [-0.2, 0) is 4.79 Å². The number of carbonyl (C=O) groups is 1. The number of hydrazone groups is 1. The molecule has 0 saturated heterocycles. The van der Waals surface area contributed by atoms with Crippen molar-refractivity contribution in [1.82, 2.24) is 5.43 Å². The Bertz CT molecular complexity index is 557. The minimum Gasteiger partial charge on any atom is -0.273 e. The summed E-state index contributed by atoms with van der Waals surface area (Å²) in [6.07, 6.45) is 6.47. The first-order chi connectivity index (χ1) is 9.63. The molecule has 3 atom stereocenters. The Kier molecular flexibility index (Phi) is 3.55. The fourth-order valence-electron chi connectivity index (χ4n) is 3.67. The van der Waals surface area contributed by atoms with E-state index in [2.05, 4.69) is 17.5 Å². The molecule has 1 aromatic rings. The van der Waals surface area contributed by atoms with E-state index in [0.717, 1.165) is 5.56 Å². The predicted octanol–water partition coefficient (Wildman–Crippen LogP) is 3.62. The summed E-state index contributed by atoms with van der Waals surface area (Å²) in [5.74, 6) is 0.767. The van der Waals surface area contributed by atoms with Crippen LogP contribution in [0.5, 0.6) is 0 Å². The second-order valence-electron chi connectivity index (χ2n) is 6.09. The van der Waals surface area contributed by atoms with Crippen LogP contribution >= 0.6 is 11.6 Å². The van der Waals surface area contributed by atoms with Crippen molar-refractivity contribution in [3.05, 3.63) is 34.9 Å². The van der Waals surface area contributed by atoms with Crippen molar-refractivity contribution in [1.29, 1.82) is 0 Å². The van der Waals surface area contributed by atoms with Gasteiger partial charge in [-0.15, -0.1) is 0 Å². The summed E-state index contributed by atoms with van der Waals surface area (Å²) < 4.78 is 0. The number of halogens is 1. The third-order valence-electron chi connectivity index (χ3n) is 4.90. The van der Waals surface area contributed by atoms with Crippen LogP contribution in [0.2, 0.25) is 5.02 Å². The fourth-order valence-corrected chi connectivity index (χ4v) is 3.85. The Balaban J connectivity index is 1.60. The van der Waals surface area contributed by atoms with Gasteiger partial charge in [0.05, 0.1) is 6.21 Å². The summed E-state index contributed by atoms with van der Waals surface area (Å²) in [7, 11) is 0. The van der Waals surface area contributed by atoms with Gasteiger partial charge in [-0.1, -0.05) is 49.6 Å². The van der Waals surface area contributed by atoms with Crippen LogP contribution in [-0.4, -0.2) is 12.1 Å². The van der Waals surface area contributed by atoms with Gasteiger partial charge >= 0.3 is 0 Å². The number of nitrogens with zero attached hydrogens (tertiary/aromatic N) is 1. The summed E-state index contributed by atoms with van der Waals surface area (Å²) >= 11 is 6.03. The molecule has 1 aromatic carbocycles. The largest absolute Gasteiger partial charge is 0.273 e. The van der Waals surface area contributed by atoms with Gasteiger partial charge in [-0.2, -0.15) is 5.10 Å². The molecule has 0 bridgehead atoms. The fraction of sp³-hybridized carbons (Fsp3) is 0.500. The van der Waals surface area contributed by atoms with Crippen LogP contribution in [0.1, 0.15) is 38.2 Å². The first-order valence-electron chi connectivity index (χ1n) is 7.20. The van der Waals surface area contributed by atoms with Gasteiger partial charge in [0.2, 0.25) is 5.91 Å². The van der Waals surface area contributed by atoms with Crippen molar-refractivity contribution in [2.45, 2.75) is 32.6 Å². The topological polar surface area (TPSA) is 41.5 Å². The maximum absolute atomic E-state index is 12.2. The van der Waals surface area contributed by atoms with E-state index in [1.165, 1.54) is 25.7 Å². The van der Waals surface area contributed by atoms with Gasteiger partial charge in [-0.25, -0.2) is 5.43 Å². The molecule has 0 aliphatic heterocycles. The second kappa shape index (κ2) is 5.21. The number of rotatable bonds is 3. The Hall–Kier alpha value is -1.35. The van der Waals surface area contributed by atoms with Crippen LogP contribution in [0.25, 0.3) is 0 Å². The highest BCUT2D eigenvalue weighted by Gasteiger charge is 2.64. The van der Waals surface area contributed by atoms with E-state index in [9.17, 15) is 4.79 Å². The lowest BCUT2D eigenvalue weighted by Gasteiger charge is -2.15. The highest BCUT2D eigenvalue weighted by Crippen LogP contribution is 2.66. The van der Waals surface area contributed by atoms with E-state index in [-0.39, 0.29) is 17.2 Å². The molecular weight excluding hydrogens is 272 g/mol. The maximum Gasteiger partial charge on any atom is 0.244 e. The van der Waals surface area contributed by atoms with Gasteiger partial charge in [0.25, 0.3) is 0 Å². The van der Waals surface area contributed by atoms with Crippen molar-refractivity contribution in [2.75, 3.05) is 0 Å². The van der Waals surface area contributed by atoms with Gasteiger partial charge in [0.15, 0.2) is 0 Å². The van der Waals surface area contributed by atoms with Crippen molar-refractivity contribution < 1.29 is 4.79 Å². The van der Waals surface area contributed by atoms with Crippen LogP contribution in [0.4, 0.5) is 0 Å². The first-order valence-corrected chi connectivity index (χ1v) is 7.58. The third kappa shape index (κ3) is 2.35. The number of nitrogens with one attached hydrogen (secondary N) is 1. The zero-order valence-corrected chi connectivity index (χ0v) is 12.4. The summed E-state index contributed by atoms with van der Waals surface area (Å²) in [5.41, 5.74) is 3.71. The molecule has 1 amide bonds. The smallest absolute Gasteiger partial charge is 0.244 e. The van der Waals surface area contributed by atoms with E-state index >= 15 is 0 Å². The lowest BCUT2D eigenvalue weighted by atomic mass is 9.90. The van der Waals surface area contributed by atoms with Crippen molar-refractivity contribution in [3.8, 4) is 0 Å². The minimum atomic E-state index is 0.0581. The van der Waals surface area contributed by atoms with Crippen LogP contribution in [0.15, 0.2) is 29.4 Å². The Morgan fingerprint density at radius 2 is 2.25 bits per heavy atom. The Labute approximate surface area is 124 Å². The lowest BCUT2D eigenvalue weighted by Crippen LogP contribution is -2.22. The van der Waals surface area contributed by atoms with Crippen molar-refractivity contribution in [2.24, 2.45) is 22.4 Å². The number of carbonyl (C=O) groups excluding carboxylic acids is 1. The van der Waals surface area contributed by atoms with Crippen LogP contribution in [0, 0.1) is 17.3 Å². The predicted molar refractivity (Wildman–Crippen MR) is 80.7 cm³/mol. The summed E-state index contributed by atoms with van der Waals surface area (Å²) in [5, 5.41) is 4.68. The molecule has 3 unspecified atom stereocenters. The number of hydrogen-bond donors (Lipinski definition) is 1. The zero-order chi connectivity index (χ0) is 14.2. The zero-order valence-electron chi connectivity index (χ0n) is 11.6. The van der Waals surface area contributed by atoms with Gasteiger partial charge < -0.3 is 0 Å². The molecular formula is C16H19ClN2O. The highest BCUT2D eigenvalue weighted by atomic mass is 35.5.